The van der Waals surface area contributed by atoms with E-state index >= 15 is 0 Å². The zero-order chi connectivity index (χ0) is 19.3. The van der Waals surface area contributed by atoms with Crippen LogP contribution in [-0.4, -0.2) is 87.5 Å². The molecule has 0 amide bonds. The summed E-state index contributed by atoms with van der Waals surface area (Å²) in [6.07, 6.45) is -0.967. The van der Waals surface area contributed by atoms with Gasteiger partial charge in [-0.25, -0.2) is 4.89 Å². The monoisotopic (exact) mass is 368 g/mol. The standard InChI is InChI=1S/C15H28O10/c1-16-10-11(17-2)13(19-4,20-5)15(22-7,23-8)14(21-6,25-24-9)12(10)18-3/h11H,1-9H3. The highest BCUT2D eigenvalue weighted by Gasteiger charge is 2.80. The van der Waals surface area contributed by atoms with E-state index in [9.17, 15) is 0 Å². The van der Waals surface area contributed by atoms with Crippen molar-refractivity contribution in [1.29, 1.82) is 0 Å². The summed E-state index contributed by atoms with van der Waals surface area (Å²) in [4.78, 5) is 10.4. The van der Waals surface area contributed by atoms with Crippen LogP contribution < -0.4 is 0 Å². The summed E-state index contributed by atoms with van der Waals surface area (Å²) in [6.45, 7) is 0. The number of ether oxygens (including phenoxy) is 8. The lowest BCUT2D eigenvalue weighted by molar-refractivity contribution is -0.541. The molecular weight excluding hydrogens is 340 g/mol. The Bertz CT molecular complexity index is 457. The van der Waals surface area contributed by atoms with Crippen LogP contribution in [0.25, 0.3) is 0 Å². The molecule has 0 saturated carbocycles. The lowest BCUT2D eigenvalue weighted by Crippen LogP contribution is -2.79. The average Bonchev–Trinajstić information content (AvgIpc) is 2.66. The second-order valence-corrected chi connectivity index (χ2v) is 4.89. The van der Waals surface area contributed by atoms with Crippen LogP contribution in [0.2, 0.25) is 0 Å². The molecule has 148 valence electrons. The summed E-state index contributed by atoms with van der Waals surface area (Å²) in [5, 5.41) is 0. The molecule has 0 aromatic rings. The molecule has 0 aromatic heterocycles. The Morgan fingerprint density at radius 1 is 0.680 bits per heavy atom. The lowest BCUT2D eigenvalue weighted by atomic mass is 9.81. The van der Waals surface area contributed by atoms with Gasteiger partial charge in [0.2, 0.25) is 5.76 Å². The van der Waals surface area contributed by atoms with Crippen LogP contribution >= 0.6 is 0 Å². The highest BCUT2D eigenvalue weighted by molar-refractivity contribution is 5.31. The third-order valence-electron chi connectivity index (χ3n) is 4.33. The summed E-state index contributed by atoms with van der Waals surface area (Å²) >= 11 is 0. The smallest absolute Gasteiger partial charge is 0.323 e. The van der Waals surface area contributed by atoms with E-state index in [1.807, 2.05) is 0 Å². The third-order valence-corrected chi connectivity index (χ3v) is 4.33. The lowest BCUT2D eigenvalue weighted by Gasteiger charge is -2.57. The van der Waals surface area contributed by atoms with Crippen molar-refractivity contribution in [1.82, 2.24) is 0 Å². The molecule has 10 nitrogen and oxygen atoms in total. The first-order valence-corrected chi connectivity index (χ1v) is 7.29. The van der Waals surface area contributed by atoms with Crippen molar-refractivity contribution in [3.63, 3.8) is 0 Å². The molecule has 1 aliphatic carbocycles. The van der Waals surface area contributed by atoms with Crippen molar-refractivity contribution in [3.8, 4) is 0 Å². The van der Waals surface area contributed by atoms with Crippen LogP contribution in [0.4, 0.5) is 0 Å². The molecule has 0 fully saturated rings. The van der Waals surface area contributed by atoms with Crippen molar-refractivity contribution in [2.45, 2.75) is 23.5 Å². The molecule has 0 saturated heterocycles. The zero-order valence-electron chi connectivity index (χ0n) is 16.2. The van der Waals surface area contributed by atoms with E-state index in [-0.39, 0.29) is 11.5 Å². The van der Waals surface area contributed by atoms with Crippen LogP contribution in [0.3, 0.4) is 0 Å². The average molecular weight is 368 g/mol. The first kappa shape index (κ1) is 22.1. The largest absolute Gasteiger partial charge is 0.494 e. The summed E-state index contributed by atoms with van der Waals surface area (Å²) in [5.74, 6) is -5.31. The van der Waals surface area contributed by atoms with Gasteiger partial charge in [-0.05, 0) is 0 Å². The second-order valence-electron chi connectivity index (χ2n) is 4.89. The van der Waals surface area contributed by atoms with Gasteiger partial charge in [-0.2, -0.15) is 4.89 Å². The fourth-order valence-corrected chi connectivity index (χ4v) is 3.38. The molecule has 0 radical (unpaired) electrons. The Morgan fingerprint density at radius 3 is 1.52 bits per heavy atom. The molecule has 1 aliphatic rings. The zero-order valence-corrected chi connectivity index (χ0v) is 16.2. The Labute approximate surface area is 147 Å². The van der Waals surface area contributed by atoms with Gasteiger partial charge in [-0.3, -0.25) is 0 Å². The maximum atomic E-state index is 5.69. The molecule has 0 bridgehead atoms. The van der Waals surface area contributed by atoms with Gasteiger partial charge in [0.05, 0.1) is 21.3 Å². The van der Waals surface area contributed by atoms with Gasteiger partial charge in [0.15, 0.2) is 11.9 Å². The predicted molar refractivity (Wildman–Crippen MR) is 83.2 cm³/mol. The molecule has 0 aromatic carbocycles. The number of methoxy groups -OCH3 is 8. The van der Waals surface area contributed by atoms with Crippen LogP contribution in [-0.2, 0) is 47.7 Å². The first-order valence-electron chi connectivity index (χ1n) is 7.29. The number of rotatable bonds is 10. The van der Waals surface area contributed by atoms with Gasteiger partial charge in [0.1, 0.15) is 0 Å². The maximum Gasteiger partial charge on any atom is 0.323 e. The highest BCUT2D eigenvalue weighted by atomic mass is 17.2. The van der Waals surface area contributed by atoms with Gasteiger partial charge < -0.3 is 37.9 Å². The van der Waals surface area contributed by atoms with Gasteiger partial charge >= 0.3 is 5.79 Å². The quantitative estimate of drug-likeness (QED) is 0.307. The Hall–Kier alpha value is -0.980. The summed E-state index contributed by atoms with van der Waals surface area (Å²) in [7, 11) is 12.4. The SMILES string of the molecule is COOC1(OC)C(OC)=C(OC)C(OC)C(OC)(OC)C1(OC)OC. The molecule has 0 aliphatic heterocycles. The van der Waals surface area contributed by atoms with Crippen molar-refractivity contribution < 1.29 is 47.7 Å². The molecule has 0 N–H and O–H groups in total. The minimum absolute atomic E-state index is 0.0552. The topological polar surface area (TPSA) is 92.3 Å². The summed E-state index contributed by atoms with van der Waals surface area (Å²) < 4.78 is 44.9. The molecule has 10 heteroatoms. The minimum atomic E-state index is -1.92. The first-order chi connectivity index (χ1) is 12.0. The molecule has 0 spiro atoms. The molecule has 1 rings (SSSR count). The van der Waals surface area contributed by atoms with E-state index in [1.54, 1.807) is 0 Å². The fraction of sp³-hybridized carbons (Fsp3) is 0.867. The molecular formula is C15H28O10. The molecule has 2 unspecified atom stereocenters. The Kier molecular flexibility index (Phi) is 7.59. The van der Waals surface area contributed by atoms with Gasteiger partial charge in [-0.15, -0.1) is 0 Å². The Morgan fingerprint density at radius 2 is 1.24 bits per heavy atom. The molecule has 2 atom stereocenters. The third kappa shape index (κ3) is 2.64. The predicted octanol–water partition coefficient (Wildman–Crippen LogP) is 0.418. The van der Waals surface area contributed by atoms with Crippen LogP contribution in [0, 0.1) is 0 Å². The van der Waals surface area contributed by atoms with E-state index in [4.69, 9.17) is 47.7 Å². The van der Waals surface area contributed by atoms with Crippen molar-refractivity contribution in [2.24, 2.45) is 0 Å². The minimum Gasteiger partial charge on any atom is -0.494 e. The van der Waals surface area contributed by atoms with Crippen LogP contribution in [0.5, 0.6) is 0 Å². The summed E-state index contributed by atoms with van der Waals surface area (Å²) in [5.41, 5.74) is 0. The Balaban J connectivity index is 4.04. The van der Waals surface area contributed by atoms with Gasteiger partial charge in [-0.1, -0.05) is 0 Å². The van der Waals surface area contributed by atoms with Crippen molar-refractivity contribution in [3.05, 3.63) is 11.5 Å². The van der Waals surface area contributed by atoms with E-state index in [0.717, 1.165) is 0 Å². The molecule has 0 heterocycles. The van der Waals surface area contributed by atoms with E-state index in [0.29, 0.717) is 0 Å². The number of hydrogen-bond acceptors (Lipinski definition) is 10. The van der Waals surface area contributed by atoms with Gasteiger partial charge in [0, 0.05) is 42.7 Å². The van der Waals surface area contributed by atoms with E-state index in [1.165, 1.54) is 64.0 Å². The molecule has 25 heavy (non-hydrogen) atoms. The maximum absolute atomic E-state index is 5.69. The summed E-state index contributed by atoms with van der Waals surface area (Å²) in [6, 6.07) is 0. The van der Waals surface area contributed by atoms with Crippen LogP contribution in [0.1, 0.15) is 0 Å². The van der Waals surface area contributed by atoms with Gasteiger partial charge in [0.25, 0.3) is 11.6 Å². The van der Waals surface area contributed by atoms with E-state index in [2.05, 4.69) is 0 Å². The number of hydrogen-bond donors (Lipinski definition) is 0. The van der Waals surface area contributed by atoms with Crippen LogP contribution in [0.15, 0.2) is 11.5 Å². The fourth-order valence-electron chi connectivity index (χ4n) is 3.38. The normalized spacial score (nSPS) is 28.1. The van der Waals surface area contributed by atoms with E-state index < -0.39 is 23.5 Å². The van der Waals surface area contributed by atoms with Crippen molar-refractivity contribution >= 4 is 0 Å². The highest BCUT2D eigenvalue weighted by Crippen LogP contribution is 2.54. The second kappa shape index (κ2) is 8.60. The van der Waals surface area contributed by atoms with Crippen molar-refractivity contribution in [2.75, 3.05) is 64.0 Å².